The number of anilines is 1. The normalized spacial score (nSPS) is 12.3. The Bertz CT molecular complexity index is 824. The summed E-state index contributed by atoms with van der Waals surface area (Å²) in [5.74, 6) is 0.0932. The SMILES string of the molecule is COc1ccc2c(c1C)-c1sc(NC(C)=O)c(C(N)=O)c1CC2. The number of hydrogen-bond acceptors (Lipinski definition) is 4. The average Bonchev–Trinajstić information content (AvgIpc) is 2.84. The van der Waals surface area contributed by atoms with E-state index < -0.39 is 5.91 Å². The number of aryl methyl sites for hydroxylation is 1. The summed E-state index contributed by atoms with van der Waals surface area (Å²) in [6.07, 6.45) is 1.58. The lowest BCUT2D eigenvalue weighted by atomic mass is 9.86. The van der Waals surface area contributed by atoms with Crippen molar-refractivity contribution in [1.82, 2.24) is 0 Å². The van der Waals surface area contributed by atoms with Gasteiger partial charge in [0.05, 0.1) is 12.7 Å². The topological polar surface area (TPSA) is 81.4 Å². The van der Waals surface area contributed by atoms with E-state index in [2.05, 4.69) is 11.4 Å². The van der Waals surface area contributed by atoms with E-state index in [1.807, 2.05) is 13.0 Å². The summed E-state index contributed by atoms with van der Waals surface area (Å²) in [5, 5.41) is 3.27. The van der Waals surface area contributed by atoms with Crippen LogP contribution in [0.4, 0.5) is 5.00 Å². The molecule has 6 heteroatoms. The summed E-state index contributed by atoms with van der Waals surface area (Å²) in [5.41, 5.74) is 10.3. The van der Waals surface area contributed by atoms with Gasteiger partial charge in [0, 0.05) is 17.4 Å². The van der Waals surface area contributed by atoms with Crippen LogP contribution in [0.5, 0.6) is 5.75 Å². The van der Waals surface area contributed by atoms with Gasteiger partial charge in [0.1, 0.15) is 10.8 Å². The zero-order valence-electron chi connectivity index (χ0n) is 13.3. The van der Waals surface area contributed by atoms with Gasteiger partial charge >= 0.3 is 0 Å². The van der Waals surface area contributed by atoms with Crippen LogP contribution in [0.1, 0.15) is 34.0 Å². The number of carbonyl (C=O) groups is 2. The molecule has 0 aliphatic heterocycles. The van der Waals surface area contributed by atoms with Crippen LogP contribution in [0.15, 0.2) is 12.1 Å². The van der Waals surface area contributed by atoms with Crippen LogP contribution in [-0.4, -0.2) is 18.9 Å². The largest absolute Gasteiger partial charge is 0.496 e. The van der Waals surface area contributed by atoms with Gasteiger partial charge in [-0.15, -0.1) is 11.3 Å². The number of fused-ring (bicyclic) bond motifs is 3. The molecule has 3 rings (SSSR count). The Morgan fingerprint density at radius 3 is 2.65 bits per heavy atom. The number of thiophene rings is 1. The molecule has 0 saturated heterocycles. The fourth-order valence-corrected chi connectivity index (χ4v) is 4.61. The lowest BCUT2D eigenvalue weighted by Crippen LogP contribution is -2.17. The van der Waals surface area contributed by atoms with Crippen molar-refractivity contribution in [2.24, 2.45) is 5.73 Å². The summed E-state index contributed by atoms with van der Waals surface area (Å²) in [6, 6.07) is 4.03. The van der Waals surface area contributed by atoms with Crippen molar-refractivity contribution in [3.63, 3.8) is 0 Å². The third kappa shape index (κ3) is 2.49. The molecule has 1 heterocycles. The second kappa shape index (κ2) is 5.70. The number of rotatable bonds is 3. The number of hydrogen-bond donors (Lipinski definition) is 2. The zero-order chi connectivity index (χ0) is 16.7. The predicted molar refractivity (Wildman–Crippen MR) is 91.3 cm³/mol. The highest BCUT2D eigenvalue weighted by atomic mass is 32.1. The average molecular weight is 330 g/mol. The molecule has 1 aliphatic carbocycles. The highest BCUT2D eigenvalue weighted by molar-refractivity contribution is 7.20. The van der Waals surface area contributed by atoms with Crippen LogP contribution in [0.3, 0.4) is 0 Å². The van der Waals surface area contributed by atoms with E-state index in [1.54, 1.807) is 7.11 Å². The molecule has 5 nitrogen and oxygen atoms in total. The van der Waals surface area contributed by atoms with E-state index >= 15 is 0 Å². The molecule has 1 aromatic heterocycles. The second-order valence-electron chi connectivity index (χ2n) is 5.59. The van der Waals surface area contributed by atoms with Crippen molar-refractivity contribution in [1.29, 1.82) is 0 Å². The van der Waals surface area contributed by atoms with Crippen LogP contribution >= 0.6 is 11.3 Å². The number of amides is 2. The van der Waals surface area contributed by atoms with Gasteiger partial charge in [-0.05, 0) is 42.5 Å². The highest BCUT2D eigenvalue weighted by Gasteiger charge is 2.29. The van der Waals surface area contributed by atoms with Crippen LogP contribution in [0.25, 0.3) is 10.4 Å². The fourth-order valence-electron chi connectivity index (χ4n) is 3.17. The van der Waals surface area contributed by atoms with Crippen LogP contribution in [0, 0.1) is 6.92 Å². The lowest BCUT2D eigenvalue weighted by molar-refractivity contribution is -0.114. The molecule has 0 unspecified atom stereocenters. The Hall–Kier alpha value is -2.34. The van der Waals surface area contributed by atoms with Gasteiger partial charge in [-0.3, -0.25) is 9.59 Å². The van der Waals surface area contributed by atoms with Gasteiger partial charge < -0.3 is 15.8 Å². The van der Waals surface area contributed by atoms with E-state index in [1.165, 1.54) is 23.8 Å². The van der Waals surface area contributed by atoms with Crippen LogP contribution in [-0.2, 0) is 17.6 Å². The molecule has 0 atom stereocenters. The van der Waals surface area contributed by atoms with E-state index in [0.29, 0.717) is 10.6 Å². The Kier molecular flexibility index (Phi) is 3.85. The maximum atomic E-state index is 11.9. The Morgan fingerprint density at radius 1 is 1.30 bits per heavy atom. The number of carbonyl (C=O) groups excluding carboxylic acids is 2. The maximum Gasteiger partial charge on any atom is 0.252 e. The number of nitrogens with two attached hydrogens (primary N) is 1. The molecule has 0 saturated carbocycles. The second-order valence-corrected chi connectivity index (χ2v) is 6.61. The quantitative estimate of drug-likeness (QED) is 0.908. The Labute approximate surface area is 138 Å². The monoisotopic (exact) mass is 330 g/mol. The molecule has 23 heavy (non-hydrogen) atoms. The van der Waals surface area contributed by atoms with Crippen molar-refractivity contribution in [2.45, 2.75) is 26.7 Å². The van der Waals surface area contributed by atoms with E-state index in [4.69, 9.17) is 10.5 Å². The van der Waals surface area contributed by atoms with E-state index in [0.717, 1.165) is 40.2 Å². The minimum absolute atomic E-state index is 0.214. The van der Waals surface area contributed by atoms with Crippen molar-refractivity contribution >= 4 is 28.2 Å². The van der Waals surface area contributed by atoms with Crippen LogP contribution in [0.2, 0.25) is 0 Å². The molecular formula is C17H18N2O3S. The molecule has 0 fully saturated rings. The minimum Gasteiger partial charge on any atom is -0.496 e. The number of nitrogens with one attached hydrogen (secondary N) is 1. The van der Waals surface area contributed by atoms with Gasteiger partial charge in [0.15, 0.2) is 0 Å². The summed E-state index contributed by atoms with van der Waals surface area (Å²) in [4.78, 5) is 24.3. The predicted octanol–water partition coefficient (Wildman–Crippen LogP) is 2.89. The van der Waals surface area contributed by atoms with Crippen molar-refractivity contribution in [2.75, 3.05) is 12.4 Å². The van der Waals surface area contributed by atoms with Gasteiger partial charge in [-0.2, -0.15) is 0 Å². The molecule has 0 radical (unpaired) electrons. The molecule has 2 amide bonds. The molecule has 0 bridgehead atoms. The lowest BCUT2D eigenvalue weighted by Gasteiger charge is -2.20. The molecule has 2 aromatic rings. The van der Waals surface area contributed by atoms with Gasteiger partial charge in [-0.1, -0.05) is 6.07 Å². The molecule has 3 N–H and O–H groups in total. The highest BCUT2D eigenvalue weighted by Crippen LogP contribution is 2.47. The molecule has 120 valence electrons. The summed E-state index contributed by atoms with van der Waals surface area (Å²) >= 11 is 1.41. The summed E-state index contributed by atoms with van der Waals surface area (Å²) in [7, 11) is 1.64. The standard InChI is InChI=1S/C17H18N2O3S/c1-8-12(22-3)7-5-10-4-6-11-14(16(18)21)17(19-9(2)20)23-15(11)13(8)10/h5,7H,4,6H2,1-3H3,(H2,18,21)(H,19,20). The van der Waals surface area contributed by atoms with Gasteiger partial charge in [0.2, 0.25) is 5.91 Å². The first-order chi connectivity index (χ1) is 10.9. The fraction of sp³-hybridized carbons (Fsp3) is 0.294. The summed E-state index contributed by atoms with van der Waals surface area (Å²) < 4.78 is 5.42. The first kappa shape index (κ1) is 15.6. The molecule has 1 aliphatic rings. The van der Waals surface area contributed by atoms with Crippen LogP contribution < -0.4 is 15.8 Å². The van der Waals surface area contributed by atoms with Gasteiger partial charge in [0.25, 0.3) is 5.91 Å². The minimum atomic E-state index is -0.504. The molecule has 1 aromatic carbocycles. The first-order valence-corrected chi connectivity index (χ1v) is 8.15. The smallest absolute Gasteiger partial charge is 0.252 e. The van der Waals surface area contributed by atoms with E-state index in [9.17, 15) is 9.59 Å². The van der Waals surface area contributed by atoms with Gasteiger partial charge in [-0.25, -0.2) is 0 Å². The first-order valence-electron chi connectivity index (χ1n) is 7.34. The molecule has 0 spiro atoms. The molecular weight excluding hydrogens is 312 g/mol. The van der Waals surface area contributed by atoms with Crippen molar-refractivity contribution in [3.05, 3.63) is 34.4 Å². The third-order valence-corrected chi connectivity index (χ3v) is 5.30. The number of ether oxygens (including phenoxy) is 1. The zero-order valence-corrected chi connectivity index (χ0v) is 14.1. The maximum absolute atomic E-state index is 11.9. The van der Waals surface area contributed by atoms with E-state index in [-0.39, 0.29) is 5.91 Å². The van der Waals surface area contributed by atoms with Crippen molar-refractivity contribution in [3.8, 4) is 16.2 Å². The third-order valence-electron chi connectivity index (χ3n) is 4.14. The number of methoxy groups -OCH3 is 1. The number of primary amides is 1. The Morgan fingerprint density at radius 2 is 2.04 bits per heavy atom. The van der Waals surface area contributed by atoms with Crippen molar-refractivity contribution < 1.29 is 14.3 Å². The number of benzene rings is 1. The Balaban J connectivity index is 2.27. The summed E-state index contributed by atoms with van der Waals surface area (Å²) in [6.45, 7) is 3.43.